The molecule has 1 aliphatic carbocycles. The maximum atomic E-state index is 13.2. The van der Waals surface area contributed by atoms with Gasteiger partial charge in [0.1, 0.15) is 6.04 Å². The molecule has 0 aromatic heterocycles. The molecule has 2 amide bonds. The van der Waals surface area contributed by atoms with Gasteiger partial charge in [-0.1, -0.05) is 31.0 Å². The molecule has 3 aliphatic rings. The van der Waals surface area contributed by atoms with Gasteiger partial charge in [-0.15, -0.1) is 12.4 Å². The second-order valence-electron chi connectivity index (χ2n) is 7.71. The number of carbonyl (C=O) groups excluding carboxylic acids is 2. The van der Waals surface area contributed by atoms with Crippen LogP contribution in [0, 0.1) is 11.8 Å². The minimum absolute atomic E-state index is 0. The number of halogens is 1. The summed E-state index contributed by atoms with van der Waals surface area (Å²) in [5.41, 5.74) is 0.690. The molecule has 4 rings (SSSR count). The second-order valence-corrected chi connectivity index (χ2v) is 7.71. The van der Waals surface area contributed by atoms with E-state index in [4.69, 9.17) is 0 Å². The molecule has 1 aromatic rings. The highest BCUT2D eigenvalue weighted by atomic mass is 35.5. The van der Waals surface area contributed by atoms with Crippen LogP contribution in [0.25, 0.3) is 0 Å². The molecule has 1 saturated carbocycles. The number of benzene rings is 1. The fraction of sp³-hybridized carbons (Fsp3) is 0.600. The highest BCUT2D eigenvalue weighted by Crippen LogP contribution is 2.40. The van der Waals surface area contributed by atoms with Crippen molar-refractivity contribution < 1.29 is 9.59 Å². The largest absolute Gasteiger partial charge is 0.354 e. The molecule has 0 bridgehead atoms. The van der Waals surface area contributed by atoms with Crippen molar-refractivity contribution >= 4 is 24.2 Å². The first-order chi connectivity index (χ1) is 12.2. The number of likely N-dealkylation sites (tertiary alicyclic amines) is 1. The van der Waals surface area contributed by atoms with Crippen molar-refractivity contribution in [1.29, 1.82) is 0 Å². The van der Waals surface area contributed by atoms with Gasteiger partial charge in [0, 0.05) is 37.2 Å². The summed E-state index contributed by atoms with van der Waals surface area (Å²) in [4.78, 5) is 27.9. The summed E-state index contributed by atoms with van der Waals surface area (Å²) in [6.07, 6.45) is 5.36. The van der Waals surface area contributed by atoms with Crippen molar-refractivity contribution in [2.24, 2.45) is 11.8 Å². The molecule has 3 unspecified atom stereocenters. The minimum atomic E-state index is -0.311. The van der Waals surface area contributed by atoms with E-state index in [1.165, 1.54) is 6.42 Å². The van der Waals surface area contributed by atoms with Gasteiger partial charge in [0.05, 0.1) is 0 Å². The van der Waals surface area contributed by atoms with Crippen LogP contribution in [0.5, 0.6) is 0 Å². The van der Waals surface area contributed by atoms with Gasteiger partial charge in [0.25, 0.3) is 5.91 Å². The van der Waals surface area contributed by atoms with Gasteiger partial charge < -0.3 is 15.5 Å². The van der Waals surface area contributed by atoms with Crippen LogP contribution in [0.4, 0.5) is 0 Å². The first-order valence-electron chi connectivity index (χ1n) is 9.60. The molecule has 5 nitrogen and oxygen atoms in total. The van der Waals surface area contributed by atoms with Gasteiger partial charge in [-0.25, -0.2) is 0 Å². The maximum absolute atomic E-state index is 13.2. The molecule has 2 heterocycles. The summed E-state index contributed by atoms with van der Waals surface area (Å²) in [5.74, 6) is 1.06. The fourth-order valence-electron chi connectivity index (χ4n) is 4.57. The lowest BCUT2D eigenvalue weighted by Gasteiger charge is -2.34. The number of carbonyl (C=O) groups is 2. The minimum Gasteiger partial charge on any atom is -0.354 e. The Morgan fingerprint density at radius 3 is 2.54 bits per heavy atom. The summed E-state index contributed by atoms with van der Waals surface area (Å²) in [5, 5.41) is 6.33. The summed E-state index contributed by atoms with van der Waals surface area (Å²) >= 11 is 0. The number of amides is 2. The Hall–Kier alpha value is -1.59. The van der Waals surface area contributed by atoms with E-state index in [0.717, 1.165) is 38.8 Å². The molecule has 0 spiro atoms. The van der Waals surface area contributed by atoms with Gasteiger partial charge in [0.15, 0.2) is 0 Å². The Labute approximate surface area is 161 Å². The highest BCUT2D eigenvalue weighted by molar-refractivity contribution is 5.98. The predicted octanol–water partition coefficient (Wildman–Crippen LogP) is 2.22. The van der Waals surface area contributed by atoms with Gasteiger partial charge in [-0.05, 0) is 37.3 Å². The lowest BCUT2D eigenvalue weighted by atomic mass is 9.84. The van der Waals surface area contributed by atoms with E-state index in [2.05, 4.69) is 10.6 Å². The Balaban J connectivity index is 0.00000196. The Morgan fingerprint density at radius 1 is 1.12 bits per heavy atom. The summed E-state index contributed by atoms with van der Waals surface area (Å²) in [6, 6.07) is 9.32. The molecule has 142 valence electrons. The first kappa shape index (κ1) is 19.2. The van der Waals surface area contributed by atoms with Crippen LogP contribution in [0.1, 0.15) is 42.5 Å². The number of hydrogen-bond donors (Lipinski definition) is 2. The number of rotatable bonds is 4. The lowest BCUT2D eigenvalue weighted by Crippen LogP contribution is -2.53. The summed E-state index contributed by atoms with van der Waals surface area (Å²) in [6.45, 7) is 2.66. The van der Waals surface area contributed by atoms with E-state index >= 15 is 0 Å². The van der Waals surface area contributed by atoms with Crippen LogP contribution in [0.15, 0.2) is 30.3 Å². The average molecular weight is 378 g/mol. The van der Waals surface area contributed by atoms with Crippen LogP contribution in [-0.2, 0) is 4.79 Å². The summed E-state index contributed by atoms with van der Waals surface area (Å²) < 4.78 is 0. The van der Waals surface area contributed by atoms with Crippen LogP contribution in [-0.4, -0.2) is 48.4 Å². The smallest absolute Gasteiger partial charge is 0.254 e. The van der Waals surface area contributed by atoms with E-state index in [1.807, 2.05) is 35.2 Å². The van der Waals surface area contributed by atoms with Crippen molar-refractivity contribution in [3.05, 3.63) is 35.9 Å². The standard InChI is InChI=1S/C20H27N3O2.ClH/c24-19(22-13-14-11-21-12-14)18-10-16-8-4-5-9-17(16)23(18)20(25)15-6-2-1-3-7-15;/h1-3,6-7,14,16-18,21H,4-5,8-13H2,(H,22,24);1H. The summed E-state index contributed by atoms with van der Waals surface area (Å²) in [7, 11) is 0. The zero-order valence-electron chi connectivity index (χ0n) is 15.0. The molecule has 3 fully saturated rings. The molecular weight excluding hydrogens is 350 g/mol. The van der Waals surface area contributed by atoms with Gasteiger partial charge in [-0.3, -0.25) is 9.59 Å². The van der Waals surface area contributed by atoms with Crippen molar-refractivity contribution in [3.63, 3.8) is 0 Å². The third-order valence-electron chi connectivity index (χ3n) is 6.08. The average Bonchev–Trinajstić information content (AvgIpc) is 3.00. The number of nitrogens with one attached hydrogen (secondary N) is 2. The van der Waals surface area contributed by atoms with E-state index in [1.54, 1.807) is 0 Å². The molecule has 26 heavy (non-hydrogen) atoms. The van der Waals surface area contributed by atoms with Gasteiger partial charge in [0.2, 0.25) is 5.91 Å². The zero-order valence-corrected chi connectivity index (χ0v) is 15.8. The Bertz CT molecular complexity index is 635. The van der Waals surface area contributed by atoms with Crippen molar-refractivity contribution in [2.45, 2.75) is 44.2 Å². The Kier molecular flexibility index (Phi) is 6.20. The Morgan fingerprint density at radius 2 is 1.85 bits per heavy atom. The van der Waals surface area contributed by atoms with Crippen LogP contribution < -0.4 is 10.6 Å². The molecule has 1 aromatic carbocycles. The first-order valence-corrected chi connectivity index (χ1v) is 9.60. The van der Waals surface area contributed by atoms with E-state index < -0.39 is 0 Å². The second kappa shape index (κ2) is 8.40. The third-order valence-corrected chi connectivity index (χ3v) is 6.08. The molecule has 3 atom stereocenters. The van der Waals surface area contributed by atoms with Crippen molar-refractivity contribution in [3.8, 4) is 0 Å². The monoisotopic (exact) mass is 377 g/mol. The molecule has 2 aliphatic heterocycles. The van der Waals surface area contributed by atoms with Crippen molar-refractivity contribution in [1.82, 2.24) is 15.5 Å². The zero-order chi connectivity index (χ0) is 17.2. The van der Waals surface area contributed by atoms with Crippen molar-refractivity contribution in [2.75, 3.05) is 19.6 Å². The van der Waals surface area contributed by atoms with Crippen LogP contribution in [0.2, 0.25) is 0 Å². The maximum Gasteiger partial charge on any atom is 0.254 e. The quantitative estimate of drug-likeness (QED) is 0.845. The van der Waals surface area contributed by atoms with Gasteiger partial charge >= 0.3 is 0 Å². The molecule has 2 saturated heterocycles. The van der Waals surface area contributed by atoms with Crippen LogP contribution in [0.3, 0.4) is 0 Å². The van der Waals surface area contributed by atoms with E-state index in [0.29, 0.717) is 23.9 Å². The highest BCUT2D eigenvalue weighted by Gasteiger charge is 2.47. The molecule has 2 N–H and O–H groups in total. The van der Waals surface area contributed by atoms with E-state index in [-0.39, 0.29) is 36.3 Å². The number of nitrogens with zero attached hydrogens (tertiary/aromatic N) is 1. The van der Waals surface area contributed by atoms with Gasteiger partial charge in [-0.2, -0.15) is 0 Å². The molecule has 0 radical (unpaired) electrons. The molecular formula is C20H28ClN3O2. The van der Waals surface area contributed by atoms with E-state index in [9.17, 15) is 9.59 Å². The number of hydrogen-bond acceptors (Lipinski definition) is 3. The fourth-order valence-corrected chi connectivity index (χ4v) is 4.57. The SMILES string of the molecule is Cl.O=C(NCC1CNC1)C1CC2CCCCC2N1C(=O)c1ccccc1. The number of fused-ring (bicyclic) bond motifs is 1. The predicted molar refractivity (Wildman–Crippen MR) is 103 cm³/mol. The lowest BCUT2D eigenvalue weighted by molar-refractivity contribution is -0.125. The topological polar surface area (TPSA) is 61.4 Å². The normalized spacial score (nSPS) is 27.8. The molecule has 6 heteroatoms. The third kappa shape index (κ3) is 3.74. The van der Waals surface area contributed by atoms with Crippen LogP contribution >= 0.6 is 12.4 Å².